The molecule has 0 bridgehead atoms. The Morgan fingerprint density at radius 1 is 1.00 bits per heavy atom. The van der Waals surface area contributed by atoms with Crippen LogP contribution in [0, 0.1) is 0 Å². The number of carbonyl (C=O) groups is 1. The second-order valence-corrected chi connectivity index (χ2v) is 7.76. The van der Waals surface area contributed by atoms with Crippen LogP contribution in [0.1, 0.15) is 28.4 Å². The summed E-state index contributed by atoms with van der Waals surface area (Å²) in [5.41, 5.74) is 2.65. The summed E-state index contributed by atoms with van der Waals surface area (Å²) < 4.78 is 25.1. The average Bonchev–Trinajstić information content (AvgIpc) is 2.60. The van der Waals surface area contributed by atoms with E-state index in [-0.39, 0.29) is 10.7 Å². The molecule has 0 atom stereocenters. The lowest BCUT2D eigenvalue weighted by Gasteiger charge is -2.11. The van der Waals surface area contributed by atoms with Gasteiger partial charge in [-0.1, -0.05) is 37.3 Å². The molecule has 5 heteroatoms. The van der Waals surface area contributed by atoms with Gasteiger partial charge in [0.15, 0.2) is 5.78 Å². The van der Waals surface area contributed by atoms with Crippen LogP contribution in [0.5, 0.6) is 0 Å². The SMILES string of the molecule is CCc1ccc(/C=C/C(=O)c2ccc(S(=O)(=O)N(C)C)cc2)cc1. The monoisotopic (exact) mass is 343 g/mol. The number of allylic oxidation sites excluding steroid dienone is 1. The number of sulfonamides is 1. The normalized spacial score (nSPS) is 12.0. The van der Waals surface area contributed by atoms with Crippen molar-refractivity contribution in [2.45, 2.75) is 18.2 Å². The number of benzene rings is 2. The minimum absolute atomic E-state index is 0.164. The molecular weight excluding hydrogens is 322 g/mol. The third kappa shape index (κ3) is 4.19. The highest BCUT2D eigenvalue weighted by Gasteiger charge is 2.17. The molecule has 0 aliphatic heterocycles. The lowest BCUT2D eigenvalue weighted by Crippen LogP contribution is -2.22. The highest BCUT2D eigenvalue weighted by atomic mass is 32.2. The van der Waals surface area contributed by atoms with Gasteiger partial charge in [-0.2, -0.15) is 0 Å². The van der Waals surface area contributed by atoms with Crippen molar-refractivity contribution in [1.29, 1.82) is 0 Å². The summed E-state index contributed by atoms with van der Waals surface area (Å²) in [5.74, 6) is -0.164. The van der Waals surface area contributed by atoms with Gasteiger partial charge in [0.1, 0.15) is 0 Å². The molecule has 0 amide bonds. The van der Waals surface area contributed by atoms with Crippen molar-refractivity contribution in [3.05, 3.63) is 71.3 Å². The smallest absolute Gasteiger partial charge is 0.242 e. The Balaban J connectivity index is 2.14. The van der Waals surface area contributed by atoms with Crippen molar-refractivity contribution in [2.75, 3.05) is 14.1 Å². The maximum absolute atomic E-state index is 12.2. The minimum Gasteiger partial charge on any atom is -0.289 e. The Morgan fingerprint density at radius 3 is 2.08 bits per heavy atom. The van der Waals surface area contributed by atoms with E-state index in [0.29, 0.717) is 5.56 Å². The quantitative estimate of drug-likeness (QED) is 0.597. The predicted octanol–water partition coefficient (Wildman–Crippen LogP) is 3.40. The molecule has 0 N–H and O–H groups in total. The summed E-state index contributed by atoms with van der Waals surface area (Å²) in [4.78, 5) is 12.4. The van der Waals surface area contributed by atoms with Crippen molar-refractivity contribution in [3.8, 4) is 0 Å². The summed E-state index contributed by atoms with van der Waals surface area (Å²) >= 11 is 0. The van der Waals surface area contributed by atoms with Gasteiger partial charge in [0.2, 0.25) is 10.0 Å². The molecule has 0 aliphatic carbocycles. The van der Waals surface area contributed by atoms with Gasteiger partial charge in [-0.15, -0.1) is 0 Å². The van der Waals surface area contributed by atoms with Gasteiger partial charge >= 0.3 is 0 Å². The van der Waals surface area contributed by atoms with E-state index in [1.165, 1.54) is 50.0 Å². The van der Waals surface area contributed by atoms with Gasteiger partial charge in [-0.3, -0.25) is 4.79 Å². The van der Waals surface area contributed by atoms with Crippen molar-refractivity contribution >= 4 is 21.9 Å². The third-order valence-electron chi connectivity index (χ3n) is 3.73. The Kier molecular flexibility index (Phi) is 5.70. The first kappa shape index (κ1) is 18.1. The maximum atomic E-state index is 12.2. The summed E-state index contributed by atoms with van der Waals surface area (Å²) in [5, 5.41) is 0. The maximum Gasteiger partial charge on any atom is 0.242 e. The fourth-order valence-corrected chi connectivity index (χ4v) is 3.04. The second kappa shape index (κ2) is 7.55. The van der Waals surface area contributed by atoms with E-state index in [0.717, 1.165) is 16.3 Å². The predicted molar refractivity (Wildman–Crippen MR) is 96.5 cm³/mol. The van der Waals surface area contributed by atoms with Gasteiger partial charge in [0, 0.05) is 19.7 Å². The Hall–Kier alpha value is -2.24. The topological polar surface area (TPSA) is 54.5 Å². The van der Waals surface area contributed by atoms with Crippen molar-refractivity contribution < 1.29 is 13.2 Å². The van der Waals surface area contributed by atoms with Crippen LogP contribution >= 0.6 is 0 Å². The average molecular weight is 343 g/mol. The minimum atomic E-state index is -3.48. The number of hydrogen-bond acceptors (Lipinski definition) is 3. The molecule has 126 valence electrons. The molecule has 24 heavy (non-hydrogen) atoms. The number of nitrogens with zero attached hydrogens (tertiary/aromatic N) is 1. The van der Waals surface area contributed by atoms with E-state index in [4.69, 9.17) is 0 Å². The zero-order valence-corrected chi connectivity index (χ0v) is 14.9. The molecule has 0 saturated heterocycles. The van der Waals surface area contributed by atoms with E-state index >= 15 is 0 Å². The third-order valence-corrected chi connectivity index (χ3v) is 5.56. The highest BCUT2D eigenvalue weighted by molar-refractivity contribution is 7.89. The summed E-state index contributed by atoms with van der Waals surface area (Å²) in [7, 11) is -0.531. The van der Waals surface area contributed by atoms with Gasteiger partial charge in [0.05, 0.1) is 4.90 Å². The van der Waals surface area contributed by atoms with Crippen LogP contribution in [0.25, 0.3) is 6.08 Å². The Labute approximate surface area is 143 Å². The molecule has 0 aliphatic rings. The van der Waals surface area contributed by atoms with Crippen molar-refractivity contribution in [1.82, 2.24) is 4.31 Å². The molecule has 0 fully saturated rings. The molecule has 0 heterocycles. The van der Waals surface area contributed by atoms with Crippen molar-refractivity contribution in [3.63, 3.8) is 0 Å². The van der Waals surface area contributed by atoms with Gasteiger partial charge in [-0.25, -0.2) is 12.7 Å². The van der Waals surface area contributed by atoms with E-state index in [9.17, 15) is 13.2 Å². The molecular formula is C19H21NO3S. The molecule has 4 nitrogen and oxygen atoms in total. The van der Waals surface area contributed by atoms with Gasteiger partial charge < -0.3 is 0 Å². The molecule has 2 aromatic carbocycles. The lowest BCUT2D eigenvalue weighted by atomic mass is 10.1. The number of ketones is 1. The fourth-order valence-electron chi connectivity index (χ4n) is 2.13. The van der Waals surface area contributed by atoms with Crippen LogP contribution in [0.15, 0.2) is 59.5 Å². The Bertz CT molecular complexity index is 833. The number of hydrogen-bond donors (Lipinski definition) is 0. The van der Waals surface area contributed by atoms with E-state index < -0.39 is 10.0 Å². The standard InChI is InChI=1S/C19H21NO3S/c1-4-15-5-7-16(8-6-15)9-14-19(21)17-10-12-18(13-11-17)24(22,23)20(2)3/h5-14H,4H2,1-3H3/b14-9+. The van der Waals surface area contributed by atoms with Crippen LogP contribution < -0.4 is 0 Å². The zero-order valence-electron chi connectivity index (χ0n) is 14.1. The number of carbonyl (C=O) groups excluding carboxylic acids is 1. The van der Waals surface area contributed by atoms with Crippen LogP contribution in [-0.2, 0) is 16.4 Å². The number of rotatable bonds is 6. The highest BCUT2D eigenvalue weighted by Crippen LogP contribution is 2.15. The van der Waals surface area contributed by atoms with Crippen LogP contribution in [0.3, 0.4) is 0 Å². The molecule has 0 saturated carbocycles. The van der Waals surface area contributed by atoms with E-state index in [2.05, 4.69) is 6.92 Å². The first-order chi connectivity index (χ1) is 11.3. The van der Waals surface area contributed by atoms with Crippen LogP contribution in [0.2, 0.25) is 0 Å². The Morgan fingerprint density at radius 2 is 1.58 bits per heavy atom. The molecule has 0 spiro atoms. The molecule has 0 radical (unpaired) electrons. The summed E-state index contributed by atoms with van der Waals surface area (Å²) in [6.07, 6.45) is 4.23. The van der Waals surface area contributed by atoms with Gasteiger partial charge in [0.25, 0.3) is 0 Å². The largest absolute Gasteiger partial charge is 0.289 e. The van der Waals surface area contributed by atoms with E-state index in [1.54, 1.807) is 6.08 Å². The molecule has 2 aromatic rings. The zero-order chi connectivity index (χ0) is 17.7. The fraction of sp³-hybridized carbons (Fsp3) is 0.211. The first-order valence-electron chi connectivity index (χ1n) is 7.68. The lowest BCUT2D eigenvalue weighted by molar-refractivity contribution is 0.104. The van der Waals surface area contributed by atoms with Crippen molar-refractivity contribution in [2.24, 2.45) is 0 Å². The summed E-state index contributed by atoms with van der Waals surface area (Å²) in [6, 6.07) is 14.0. The second-order valence-electron chi connectivity index (χ2n) is 5.60. The van der Waals surface area contributed by atoms with Crippen LogP contribution in [0.4, 0.5) is 0 Å². The number of aryl methyl sites for hydroxylation is 1. The van der Waals surface area contributed by atoms with Gasteiger partial charge in [-0.05, 0) is 47.9 Å². The molecule has 2 rings (SSSR count). The first-order valence-corrected chi connectivity index (χ1v) is 9.12. The van der Waals surface area contributed by atoms with E-state index in [1.807, 2.05) is 24.3 Å². The molecule has 0 unspecified atom stereocenters. The van der Waals surface area contributed by atoms with Crippen LogP contribution in [-0.4, -0.2) is 32.6 Å². The summed E-state index contributed by atoms with van der Waals surface area (Å²) in [6.45, 7) is 2.09. The molecule has 0 aromatic heterocycles.